The molecule has 10 heteroatoms. The summed E-state index contributed by atoms with van der Waals surface area (Å²) in [6, 6.07) is 0. The highest BCUT2D eigenvalue weighted by Gasteiger charge is 2.42. The first-order valence-electron chi connectivity index (χ1n) is 8.63. The maximum atomic E-state index is 15.1. The van der Waals surface area contributed by atoms with Gasteiger partial charge in [0.2, 0.25) is 15.0 Å². The largest absolute Gasteiger partial charge is 0.444 e. The Bertz CT molecular complexity index is 656. The third kappa shape index (κ3) is 6.26. The molecule has 1 unspecified atom stereocenters. The number of piperidine rings is 1. The second kappa shape index (κ2) is 7.50. The molecule has 0 aromatic carbocycles. The van der Waals surface area contributed by atoms with Crippen LogP contribution in [0.4, 0.5) is 9.18 Å². The number of hydrogen-bond donors (Lipinski definition) is 0. The van der Waals surface area contributed by atoms with Crippen molar-refractivity contribution in [1.82, 2.24) is 9.80 Å². The first kappa shape index (κ1) is 21.2. The number of carbonyl (C=O) groups is 2. The predicted molar refractivity (Wildman–Crippen MR) is 95.2 cm³/mol. The van der Waals surface area contributed by atoms with E-state index in [9.17, 15) is 18.0 Å². The molecule has 0 bridgehead atoms. The summed E-state index contributed by atoms with van der Waals surface area (Å²) < 4.78 is 42.7. The number of nitrogens with zero attached hydrogens (tertiary/aromatic N) is 2. The molecule has 2 heterocycles. The van der Waals surface area contributed by atoms with Crippen LogP contribution in [0.5, 0.6) is 0 Å². The van der Waals surface area contributed by atoms with Crippen LogP contribution < -0.4 is 0 Å². The Labute approximate surface area is 158 Å². The predicted octanol–water partition coefficient (Wildman–Crippen LogP) is 2.14. The van der Waals surface area contributed by atoms with Crippen molar-refractivity contribution in [3.8, 4) is 0 Å². The Morgan fingerprint density at radius 2 is 1.92 bits per heavy atom. The molecule has 2 amide bonds. The van der Waals surface area contributed by atoms with Crippen LogP contribution in [-0.4, -0.2) is 73.4 Å². The van der Waals surface area contributed by atoms with E-state index in [1.807, 2.05) is 0 Å². The van der Waals surface area contributed by atoms with Crippen molar-refractivity contribution in [1.29, 1.82) is 0 Å². The molecule has 2 saturated heterocycles. The van der Waals surface area contributed by atoms with Gasteiger partial charge in [0.05, 0.1) is 12.3 Å². The van der Waals surface area contributed by atoms with Gasteiger partial charge in [-0.05, 0) is 20.8 Å². The number of likely N-dealkylation sites (tertiary alicyclic amines) is 2. The molecule has 0 aromatic rings. The Morgan fingerprint density at radius 3 is 2.42 bits per heavy atom. The van der Waals surface area contributed by atoms with E-state index in [0.717, 1.165) is 0 Å². The fraction of sp³-hybridized carbons (Fsp3) is 0.875. The van der Waals surface area contributed by atoms with Crippen molar-refractivity contribution in [2.75, 3.05) is 31.9 Å². The molecule has 1 atom stereocenters. The van der Waals surface area contributed by atoms with Gasteiger partial charge < -0.3 is 14.5 Å². The van der Waals surface area contributed by atoms with E-state index in [4.69, 9.17) is 15.4 Å². The van der Waals surface area contributed by atoms with Crippen LogP contribution in [-0.2, 0) is 18.6 Å². The van der Waals surface area contributed by atoms with Gasteiger partial charge in [0, 0.05) is 55.5 Å². The standard InChI is InChI=1S/C16H26ClFN2O5S/c1-15(2,3)25-14(22)19-6-4-16(18,5-7-19)11-20-9-12(8-13(20)21)10-26(17,23)24/h12H,4-11H2,1-3H3. The topological polar surface area (TPSA) is 84.0 Å². The number of alkyl halides is 1. The Balaban J connectivity index is 1.87. The SMILES string of the molecule is CC(C)(C)OC(=O)N1CCC(F)(CN2CC(CS(=O)(=O)Cl)CC2=O)CC1. The number of carbonyl (C=O) groups excluding carboxylic acids is 2. The van der Waals surface area contributed by atoms with Crippen LogP contribution in [0.1, 0.15) is 40.0 Å². The van der Waals surface area contributed by atoms with Gasteiger partial charge in [0.15, 0.2) is 0 Å². The van der Waals surface area contributed by atoms with E-state index >= 15 is 4.39 Å². The second-order valence-electron chi connectivity index (χ2n) is 8.17. The normalized spacial score (nSPS) is 24.0. The van der Waals surface area contributed by atoms with Gasteiger partial charge in [-0.3, -0.25) is 4.79 Å². The van der Waals surface area contributed by atoms with Gasteiger partial charge in [-0.1, -0.05) is 0 Å². The molecular weight excluding hydrogens is 387 g/mol. The van der Waals surface area contributed by atoms with Crippen LogP contribution in [0, 0.1) is 5.92 Å². The number of halogens is 2. The fourth-order valence-corrected chi connectivity index (χ4v) is 4.64. The smallest absolute Gasteiger partial charge is 0.410 e. The summed E-state index contributed by atoms with van der Waals surface area (Å²) in [5.41, 5.74) is -2.20. The third-order valence-corrected chi connectivity index (χ3v) is 5.76. The highest BCUT2D eigenvalue weighted by atomic mass is 35.7. The van der Waals surface area contributed by atoms with Crippen LogP contribution in [0.2, 0.25) is 0 Å². The molecular formula is C16H26ClFN2O5S. The lowest BCUT2D eigenvalue weighted by atomic mass is 9.93. The van der Waals surface area contributed by atoms with E-state index in [-0.39, 0.29) is 57.1 Å². The zero-order chi connectivity index (χ0) is 19.8. The van der Waals surface area contributed by atoms with Crippen molar-refractivity contribution < 1.29 is 27.1 Å². The van der Waals surface area contributed by atoms with E-state index in [0.29, 0.717) is 0 Å². The highest BCUT2D eigenvalue weighted by Crippen LogP contribution is 2.31. The minimum absolute atomic E-state index is 0.0616. The lowest BCUT2D eigenvalue weighted by Crippen LogP contribution is -2.51. The molecule has 0 spiro atoms. The molecule has 0 aromatic heterocycles. The Kier molecular flexibility index (Phi) is 6.12. The van der Waals surface area contributed by atoms with Gasteiger partial charge in [-0.2, -0.15) is 0 Å². The molecule has 2 fully saturated rings. The third-order valence-electron chi connectivity index (χ3n) is 4.51. The molecule has 150 valence electrons. The maximum absolute atomic E-state index is 15.1. The van der Waals surface area contributed by atoms with Crippen LogP contribution in [0.25, 0.3) is 0 Å². The number of amides is 2. The Hall–Kier alpha value is -1.09. The average molecular weight is 413 g/mol. The van der Waals surface area contributed by atoms with Gasteiger partial charge in [0.25, 0.3) is 0 Å². The van der Waals surface area contributed by atoms with Gasteiger partial charge in [-0.25, -0.2) is 17.6 Å². The van der Waals surface area contributed by atoms with Crippen molar-refractivity contribution in [2.24, 2.45) is 5.92 Å². The lowest BCUT2D eigenvalue weighted by molar-refractivity contribution is -0.130. The van der Waals surface area contributed by atoms with Gasteiger partial charge in [-0.15, -0.1) is 0 Å². The Morgan fingerprint density at radius 1 is 1.35 bits per heavy atom. The summed E-state index contributed by atoms with van der Waals surface area (Å²) in [6.45, 7) is 5.83. The summed E-state index contributed by atoms with van der Waals surface area (Å²) in [7, 11) is 1.55. The summed E-state index contributed by atoms with van der Waals surface area (Å²) in [5, 5.41) is 0. The van der Waals surface area contributed by atoms with E-state index in [1.54, 1.807) is 20.8 Å². The van der Waals surface area contributed by atoms with Crippen LogP contribution in [0.3, 0.4) is 0 Å². The zero-order valence-electron chi connectivity index (χ0n) is 15.3. The number of rotatable bonds is 4. The van der Waals surface area contributed by atoms with E-state index in [2.05, 4.69) is 0 Å². The zero-order valence-corrected chi connectivity index (χ0v) is 16.9. The van der Waals surface area contributed by atoms with E-state index in [1.165, 1.54) is 9.80 Å². The lowest BCUT2D eigenvalue weighted by Gasteiger charge is -2.38. The maximum Gasteiger partial charge on any atom is 0.410 e. The minimum Gasteiger partial charge on any atom is -0.444 e. The van der Waals surface area contributed by atoms with Crippen LogP contribution >= 0.6 is 10.7 Å². The molecule has 2 aliphatic rings. The molecule has 2 aliphatic heterocycles. The quantitative estimate of drug-likeness (QED) is 0.660. The molecule has 0 N–H and O–H groups in total. The fourth-order valence-electron chi connectivity index (χ4n) is 3.32. The summed E-state index contributed by atoms with van der Waals surface area (Å²) >= 11 is 0. The van der Waals surface area contributed by atoms with Gasteiger partial charge in [0.1, 0.15) is 11.3 Å². The monoisotopic (exact) mass is 412 g/mol. The van der Waals surface area contributed by atoms with E-state index < -0.39 is 32.3 Å². The van der Waals surface area contributed by atoms with Crippen molar-refractivity contribution in [3.05, 3.63) is 0 Å². The average Bonchev–Trinajstić information content (AvgIpc) is 2.74. The summed E-state index contributed by atoms with van der Waals surface area (Å²) in [6.07, 6.45) is -0.195. The molecule has 7 nitrogen and oxygen atoms in total. The molecule has 26 heavy (non-hydrogen) atoms. The summed E-state index contributed by atoms with van der Waals surface area (Å²) in [4.78, 5) is 26.9. The molecule has 0 saturated carbocycles. The first-order valence-corrected chi connectivity index (χ1v) is 11.1. The van der Waals surface area contributed by atoms with Crippen molar-refractivity contribution in [3.63, 3.8) is 0 Å². The van der Waals surface area contributed by atoms with Crippen LogP contribution in [0.15, 0.2) is 0 Å². The first-order chi connectivity index (χ1) is 11.8. The second-order valence-corrected chi connectivity index (χ2v) is 11.0. The molecule has 0 aliphatic carbocycles. The number of hydrogen-bond acceptors (Lipinski definition) is 5. The molecule has 0 radical (unpaired) electrons. The molecule has 2 rings (SSSR count). The van der Waals surface area contributed by atoms with Crippen molar-refractivity contribution in [2.45, 2.75) is 51.3 Å². The number of ether oxygens (including phenoxy) is 1. The summed E-state index contributed by atoms with van der Waals surface area (Å²) in [5.74, 6) is -0.958. The minimum atomic E-state index is -3.69. The van der Waals surface area contributed by atoms with Crippen molar-refractivity contribution >= 4 is 31.7 Å². The van der Waals surface area contributed by atoms with Gasteiger partial charge >= 0.3 is 6.09 Å². The highest BCUT2D eigenvalue weighted by molar-refractivity contribution is 8.13.